The fourth-order valence-corrected chi connectivity index (χ4v) is 3.83. The molecule has 4 rings (SSSR count). The van der Waals surface area contributed by atoms with Crippen molar-refractivity contribution in [2.24, 2.45) is 11.8 Å². The van der Waals surface area contributed by atoms with Crippen LogP contribution in [0.3, 0.4) is 0 Å². The van der Waals surface area contributed by atoms with Gasteiger partial charge in [0.25, 0.3) is 0 Å². The van der Waals surface area contributed by atoms with Gasteiger partial charge in [-0.1, -0.05) is 0 Å². The minimum Gasteiger partial charge on any atom is -0.480 e. The fraction of sp³-hybridized carbons (Fsp3) is 0.900. The molecule has 0 aromatic heterocycles. The van der Waals surface area contributed by atoms with Crippen molar-refractivity contribution < 1.29 is 9.90 Å². The van der Waals surface area contributed by atoms with Crippen LogP contribution in [0.2, 0.25) is 0 Å². The molecular formula is C10H15NO2. The fourth-order valence-electron chi connectivity index (χ4n) is 3.83. The van der Waals surface area contributed by atoms with Gasteiger partial charge in [-0.25, -0.2) is 0 Å². The van der Waals surface area contributed by atoms with Gasteiger partial charge in [-0.2, -0.15) is 0 Å². The van der Waals surface area contributed by atoms with Crippen LogP contribution in [0.1, 0.15) is 32.1 Å². The van der Waals surface area contributed by atoms with Crippen molar-refractivity contribution >= 4 is 5.97 Å². The highest BCUT2D eigenvalue weighted by Gasteiger charge is 2.54. The molecule has 72 valence electrons. The van der Waals surface area contributed by atoms with E-state index in [9.17, 15) is 9.90 Å². The number of nitrogens with one attached hydrogen (secondary N) is 1. The van der Waals surface area contributed by atoms with Gasteiger partial charge in [0.05, 0.1) is 0 Å². The van der Waals surface area contributed by atoms with Crippen molar-refractivity contribution in [3.05, 3.63) is 0 Å². The van der Waals surface area contributed by atoms with E-state index in [4.69, 9.17) is 0 Å². The number of piperidine rings is 2. The second-order valence-corrected chi connectivity index (χ2v) is 5.08. The van der Waals surface area contributed by atoms with Crippen LogP contribution >= 0.6 is 0 Å². The molecule has 2 N–H and O–H groups in total. The maximum Gasteiger partial charge on any atom is 0.323 e. The Hall–Kier alpha value is -0.570. The van der Waals surface area contributed by atoms with Gasteiger partial charge in [-0.15, -0.1) is 0 Å². The van der Waals surface area contributed by atoms with Crippen molar-refractivity contribution in [2.45, 2.75) is 43.7 Å². The Bertz CT molecular complexity index is 226. The van der Waals surface area contributed by atoms with Gasteiger partial charge in [-0.3, -0.25) is 10.1 Å². The van der Waals surface area contributed by atoms with E-state index in [2.05, 4.69) is 5.32 Å². The molecule has 0 aromatic rings. The minimum absolute atomic E-state index is 0.502. The highest BCUT2D eigenvalue weighted by atomic mass is 16.4. The van der Waals surface area contributed by atoms with Gasteiger partial charge < -0.3 is 5.11 Å². The van der Waals surface area contributed by atoms with Crippen molar-refractivity contribution in [3.63, 3.8) is 0 Å². The van der Waals surface area contributed by atoms with Crippen LogP contribution in [0, 0.1) is 11.8 Å². The molecule has 2 saturated carbocycles. The van der Waals surface area contributed by atoms with E-state index in [1.165, 1.54) is 19.3 Å². The molecule has 4 aliphatic rings. The topological polar surface area (TPSA) is 49.3 Å². The van der Waals surface area contributed by atoms with Crippen LogP contribution in [0.5, 0.6) is 0 Å². The number of hydrogen-bond donors (Lipinski definition) is 2. The summed E-state index contributed by atoms with van der Waals surface area (Å²) in [5.74, 6) is 0.760. The number of carboxylic acids is 1. The standard InChI is InChI=1S/C10H15NO2/c12-9(13)10-4-6-1-7(5-10)3-8(2-6)11-10/h6-8,11H,1-5H2,(H,12,13). The Morgan fingerprint density at radius 2 is 1.85 bits per heavy atom. The molecule has 3 nitrogen and oxygen atoms in total. The molecular weight excluding hydrogens is 166 g/mol. The van der Waals surface area contributed by atoms with Gasteiger partial charge in [0.1, 0.15) is 5.54 Å². The summed E-state index contributed by atoms with van der Waals surface area (Å²) in [4.78, 5) is 11.2. The lowest BCUT2D eigenvalue weighted by Crippen LogP contribution is -2.67. The molecule has 2 atom stereocenters. The van der Waals surface area contributed by atoms with Crippen molar-refractivity contribution in [1.29, 1.82) is 0 Å². The van der Waals surface area contributed by atoms with E-state index in [-0.39, 0.29) is 0 Å². The van der Waals surface area contributed by atoms with Crippen molar-refractivity contribution in [2.75, 3.05) is 0 Å². The molecule has 2 aliphatic carbocycles. The smallest absolute Gasteiger partial charge is 0.323 e. The summed E-state index contributed by atoms with van der Waals surface area (Å²) >= 11 is 0. The number of carboxylic acid groups (broad SMARTS) is 1. The predicted molar refractivity (Wildman–Crippen MR) is 47.4 cm³/mol. The van der Waals surface area contributed by atoms with E-state index < -0.39 is 11.5 Å². The quantitative estimate of drug-likeness (QED) is 0.634. The van der Waals surface area contributed by atoms with Gasteiger partial charge in [-0.05, 0) is 43.9 Å². The normalized spacial score (nSPS) is 52.5. The van der Waals surface area contributed by atoms with Crippen LogP contribution < -0.4 is 5.32 Å². The summed E-state index contributed by atoms with van der Waals surface area (Å²) in [5, 5.41) is 12.5. The van der Waals surface area contributed by atoms with Crippen LogP contribution in [0.4, 0.5) is 0 Å². The third kappa shape index (κ3) is 0.966. The Morgan fingerprint density at radius 3 is 2.31 bits per heavy atom. The largest absolute Gasteiger partial charge is 0.480 e. The van der Waals surface area contributed by atoms with Gasteiger partial charge >= 0.3 is 5.97 Å². The first-order chi connectivity index (χ1) is 6.18. The number of rotatable bonds is 1. The summed E-state index contributed by atoms with van der Waals surface area (Å²) < 4.78 is 0. The maximum atomic E-state index is 11.2. The highest BCUT2D eigenvalue weighted by Crippen LogP contribution is 2.49. The Balaban J connectivity index is 1.95. The zero-order valence-corrected chi connectivity index (χ0v) is 7.62. The monoisotopic (exact) mass is 181 g/mol. The van der Waals surface area contributed by atoms with E-state index in [1.807, 2.05) is 0 Å². The molecule has 0 radical (unpaired) electrons. The van der Waals surface area contributed by atoms with E-state index >= 15 is 0 Å². The molecule has 2 aliphatic heterocycles. The lowest BCUT2D eigenvalue weighted by molar-refractivity contribution is -0.154. The molecule has 0 spiro atoms. The van der Waals surface area contributed by atoms with Crippen molar-refractivity contribution in [1.82, 2.24) is 5.32 Å². The molecule has 0 aromatic carbocycles. The van der Waals surface area contributed by atoms with Gasteiger partial charge in [0.15, 0.2) is 0 Å². The van der Waals surface area contributed by atoms with Crippen molar-refractivity contribution in [3.8, 4) is 0 Å². The average molecular weight is 181 g/mol. The lowest BCUT2D eigenvalue weighted by atomic mass is 9.59. The van der Waals surface area contributed by atoms with Crippen LogP contribution in [-0.4, -0.2) is 22.7 Å². The average Bonchev–Trinajstić information content (AvgIpc) is 2.00. The predicted octanol–water partition coefficient (Wildman–Crippen LogP) is 0.992. The summed E-state index contributed by atoms with van der Waals surface area (Å²) in [5.41, 5.74) is -0.533. The summed E-state index contributed by atoms with van der Waals surface area (Å²) in [6.07, 6.45) is 5.45. The minimum atomic E-state index is -0.619. The van der Waals surface area contributed by atoms with Crippen LogP contribution in [0.25, 0.3) is 0 Å². The summed E-state index contributed by atoms with van der Waals surface area (Å²) in [7, 11) is 0. The number of hydrogen-bond acceptors (Lipinski definition) is 2. The van der Waals surface area contributed by atoms with E-state index in [1.54, 1.807) is 0 Å². The third-order valence-electron chi connectivity index (χ3n) is 4.07. The number of carbonyl (C=O) groups is 1. The molecule has 4 fully saturated rings. The first kappa shape index (κ1) is 7.80. The Labute approximate surface area is 77.5 Å². The molecule has 0 amide bonds. The summed E-state index contributed by atoms with van der Waals surface area (Å²) in [6.45, 7) is 0. The molecule has 3 heteroatoms. The SMILES string of the molecule is O=C(O)C12CC3CC(CC(C3)N1)C2. The van der Waals surface area contributed by atoms with E-state index in [0.717, 1.165) is 12.8 Å². The zero-order chi connectivity index (χ0) is 9.05. The summed E-state index contributed by atoms with van der Waals surface area (Å²) in [6, 6.07) is 0.502. The lowest BCUT2D eigenvalue weighted by Gasteiger charge is -2.55. The second kappa shape index (κ2) is 2.27. The second-order valence-electron chi connectivity index (χ2n) is 5.08. The molecule has 2 heterocycles. The Kier molecular flexibility index (Phi) is 1.36. The maximum absolute atomic E-state index is 11.2. The molecule has 13 heavy (non-hydrogen) atoms. The first-order valence-corrected chi connectivity index (χ1v) is 5.19. The van der Waals surface area contributed by atoms with Gasteiger partial charge in [0.2, 0.25) is 0 Å². The van der Waals surface area contributed by atoms with Crippen LogP contribution in [-0.2, 0) is 4.79 Å². The molecule has 2 saturated heterocycles. The number of aliphatic carboxylic acids is 1. The third-order valence-corrected chi connectivity index (χ3v) is 4.07. The zero-order valence-electron chi connectivity index (χ0n) is 7.62. The molecule has 4 bridgehead atoms. The Morgan fingerprint density at radius 1 is 1.23 bits per heavy atom. The highest BCUT2D eigenvalue weighted by molar-refractivity contribution is 5.79. The van der Waals surface area contributed by atoms with Gasteiger partial charge in [0, 0.05) is 6.04 Å². The molecule has 2 unspecified atom stereocenters. The van der Waals surface area contributed by atoms with Crippen LogP contribution in [0.15, 0.2) is 0 Å². The first-order valence-electron chi connectivity index (χ1n) is 5.19. The van der Waals surface area contributed by atoms with E-state index in [0.29, 0.717) is 17.9 Å².